The molecule has 1 aliphatic heterocycles. The van der Waals surface area contributed by atoms with Crippen LogP contribution in [0.3, 0.4) is 0 Å². The molecule has 1 fully saturated rings. The Morgan fingerprint density at radius 3 is 2.80 bits per heavy atom. The summed E-state index contributed by atoms with van der Waals surface area (Å²) in [5.41, 5.74) is 0. The summed E-state index contributed by atoms with van der Waals surface area (Å²) in [5.74, 6) is -0.0827. The van der Waals surface area contributed by atoms with Crippen LogP contribution in [-0.4, -0.2) is 48.7 Å². The van der Waals surface area contributed by atoms with Gasteiger partial charge in [0, 0.05) is 5.92 Å². The van der Waals surface area contributed by atoms with Gasteiger partial charge in [-0.25, -0.2) is 9.59 Å². The highest BCUT2D eigenvalue weighted by Gasteiger charge is 2.38. The van der Waals surface area contributed by atoms with E-state index in [2.05, 4.69) is 9.98 Å². The molecule has 0 amide bonds. The van der Waals surface area contributed by atoms with Crippen molar-refractivity contribution >= 4 is 12.2 Å². The predicted molar refractivity (Wildman–Crippen MR) is 49.8 cm³/mol. The molecule has 0 bridgehead atoms. The lowest BCUT2D eigenvalue weighted by molar-refractivity contribution is 0.0538. The highest BCUT2D eigenvalue weighted by molar-refractivity contribution is 5.35. The quantitative estimate of drug-likeness (QED) is 0.499. The van der Waals surface area contributed by atoms with E-state index in [-0.39, 0.29) is 25.2 Å². The topological polar surface area (TPSA) is 88.3 Å². The Balaban J connectivity index is 2.72. The smallest absolute Gasteiger partial charge is 0.235 e. The Morgan fingerprint density at radius 1 is 1.53 bits per heavy atom. The van der Waals surface area contributed by atoms with Crippen molar-refractivity contribution in [2.45, 2.75) is 25.1 Å². The molecule has 6 nitrogen and oxygen atoms in total. The molecule has 1 rings (SSSR count). The van der Waals surface area contributed by atoms with Gasteiger partial charge in [0.2, 0.25) is 12.2 Å². The second kappa shape index (κ2) is 5.53. The van der Waals surface area contributed by atoms with Gasteiger partial charge < -0.3 is 9.84 Å². The zero-order valence-corrected chi connectivity index (χ0v) is 8.29. The first kappa shape index (κ1) is 11.8. The zero-order valence-electron chi connectivity index (χ0n) is 8.29. The van der Waals surface area contributed by atoms with Gasteiger partial charge in [-0.2, -0.15) is 9.98 Å². The van der Waals surface area contributed by atoms with Crippen molar-refractivity contribution in [2.24, 2.45) is 15.9 Å². The molecule has 1 aliphatic rings. The molecule has 0 aliphatic carbocycles. The fraction of sp³-hybridized carbons (Fsp3) is 0.778. The van der Waals surface area contributed by atoms with E-state index in [0.29, 0.717) is 0 Å². The molecule has 4 atom stereocenters. The number of hydrogen-bond acceptors (Lipinski definition) is 6. The maximum absolute atomic E-state index is 10.1. The summed E-state index contributed by atoms with van der Waals surface area (Å²) in [6.07, 6.45) is 2.46. The van der Waals surface area contributed by atoms with Crippen molar-refractivity contribution < 1.29 is 19.4 Å². The van der Waals surface area contributed by atoms with Gasteiger partial charge in [0.25, 0.3) is 0 Å². The van der Waals surface area contributed by atoms with Crippen LogP contribution in [0.1, 0.15) is 6.92 Å². The van der Waals surface area contributed by atoms with Crippen LogP contribution in [0.15, 0.2) is 9.98 Å². The number of rotatable bonds is 4. The van der Waals surface area contributed by atoms with E-state index in [1.807, 2.05) is 6.92 Å². The van der Waals surface area contributed by atoms with Gasteiger partial charge in [0.1, 0.15) is 6.04 Å². The SMILES string of the molecule is C[C@H]1[C@@H]([C@H](CO)N=C=O)OC[C@@H]1N=C=O. The molecule has 0 aromatic carbocycles. The van der Waals surface area contributed by atoms with Crippen LogP contribution >= 0.6 is 0 Å². The average molecular weight is 212 g/mol. The standard InChI is InChI=1S/C9H12N2O4/c1-6-8(11-5-14)3-15-9(6)7(2-12)10-4-13/h6-9,12H,2-3H2,1H3/t6-,7+,8+,9+/m1/s1. The van der Waals surface area contributed by atoms with Crippen molar-refractivity contribution in [3.8, 4) is 0 Å². The molecule has 1 N–H and O–H groups in total. The predicted octanol–water partition coefficient (Wildman–Crippen LogP) is -0.578. The largest absolute Gasteiger partial charge is 0.394 e. The van der Waals surface area contributed by atoms with Gasteiger partial charge >= 0.3 is 0 Å². The number of aliphatic imine (C=N–C) groups is 2. The number of aliphatic hydroxyl groups excluding tert-OH is 1. The minimum Gasteiger partial charge on any atom is -0.394 e. The van der Waals surface area contributed by atoms with Gasteiger partial charge in [-0.1, -0.05) is 6.92 Å². The second-order valence-corrected chi connectivity index (χ2v) is 3.42. The van der Waals surface area contributed by atoms with Crippen LogP contribution in [-0.2, 0) is 14.3 Å². The Morgan fingerprint density at radius 2 is 2.27 bits per heavy atom. The summed E-state index contributed by atoms with van der Waals surface area (Å²) >= 11 is 0. The summed E-state index contributed by atoms with van der Waals surface area (Å²) < 4.78 is 5.33. The molecular formula is C9H12N2O4. The van der Waals surface area contributed by atoms with Crippen molar-refractivity contribution in [3.05, 3.63) is 0 Å². The normalized spacial score (nSPS) is 31.5. The van der Waals surface area contributed by atoms with Crippen molar-refractivity contribution in [3.63, 3.8) is 0 Å². The average Bonchev–Trinajstić information content (AvgIpc) is 2.58. The van der Waals surface area contributed by atoms with E-state index in [4.69, 9.17) is 9.84 Å². The lowest BCUT2D eigenvalue weighted by Gasteiger charge is -2.19. The van der Waals surface area contributed by atoms with E-state index >= 15 is 0 Å². The van der Waals surface area contributed by atoms with Gasteiger partial charge in [-0.3, -0.25) is 0 Å². The number of aliphatic hydroxyl groups is 1. The number of carbonyl (C=O) groups excluding carboxylic acids is 2. The van der Waals surface area contributed by atoms with Gasteiger partial charge in [0.15, 0.2) is 0 Å². The summed E-state index contributed by atoms with van der Waals surface area (Å²) in [4.78, 5) is 27.2. The molecule has 15 heavy (non-hydrogen) atoms. The monoisotopic (exact) mass is 212 g/mol. The third-order valence-corrected chi connectivity index (χ3v) is 2.59. The Bertz CT molecular complexity index is 307. The van der Waals surface area contributed by atoms with Gasteiger partial charge in [-0.05, 0) is 0 Å². The molecule has 6 heteroatoms. The van der Waals surface area contributed by atoms with Gasteiger partial charge in [0.05, 0.1) is 25.4 Å². The second-order valence-electron chi connectivity index (χ2n) is 3.42. The third kappa shape index (κ3) is 2.58. The van der Waals surface area contributed by atoms with Crippen LogP contribution in [0.5, 0.6) is 0 Å². The minimum absolute atomic E-state index is 0.0827. The summed E-state index contributed by atoms with van der Waals surface area (Å²) in [5, 5.41) is 8.99. The molecule has 0 spiro atoms. The molecule has 1 saturated heterocycles. The van der Waals surface area contributed by atoms with Crippen LogP contribution < -0.4 is 0 Å². The van der Waals surface area contributed by atoms with Crippen LogP contribution in [0.2, 0.25) is 0 Å². The zero-order chi connectivity index (χ0) is 11.3. The molecule has 0 saturated carbocycles. The summed E-state index contributed by atoms with van der Waals surface area (Å²) in [7, 11) is 0. The lowest BCUT2D eigenvalue weighted by atomic mass is 9.95. The number of hydrogen-bond donors (Lipinski definition) is 1. The van der Waals surface area contributed by atoms with Crippen molar-refractivity contribution in [1.29, 1.82) is 0 Å². The minimum atomic E-state index is -0.635. The fourth-order valence-corrected chi connectivity index (χ4v) is 1.70. The molecule has 0 aromatic rings. The highest BCUT2D eigenvalue weighted by Crippen LogP contribution is 2.26. The Labute approximate surface area is 86.7 Å². The van der Waals surface area contributed by atoms with Crippen LogP contribution in [0, 0.1) is 5.92 Å². The van der Waals surface area contributed by atoms with E-state index in [1.165, 1.54) is 12.2 Å². The van der Waals surface area contributed by atoms with Crippen molar-refractivity contribution in [2.75, 3.05) is 13.2 Å². The maximum atomic E-state index is 10.1. The molecule has 0 unspecified atom stereocenters. The van der Waals surface area contributed by atoms with Crippen LogP contribution in [0.4, 0.5) is 0 Å². The van der Waals surface area contributed by atoms with E-state index in [9.17, 15) is 9.59 Å². The Kier molecular flexibility index (Phi) is 4.34. The summed E-state index contributed by atoms with van der Waals surface area (Å²) in [6, 6.07) is -0.909. The number of nitrogens with zero attached hydrogens (tertiary/aromatic N) is 2. The fourth-order valence-electron chi connectivity index (χ4n) is 1.70. The van der Waals surface area contributed by atoms with Crippen LogP contribution in [0.25, 0.3) is 0 Å². The first-order valence-electron chi connectivity index (χ1n) is 4.61. The maximum Gasteiger partial charge on any atom is 0.235 e. The molecule has 1 heterocycles. The summed E-state index contributed by atoms with van der Waals surface area (Å²) in [6.45, 7) is 1.82. The van der Waals surface area contributed by atoms with Gasteiger partial charge in [-0.15, -0.1) is 0 Å². The Hall–Kier alpha value is -1.32. The molecule has 0 radical (unpaired) electrons. The number of isocyanates is 2. The van der Waals surface area contributed by atoms with E-state index in [0.717, 1.165) is 0 Å². The van der Waals surface area contributed by atoms with E-state index < -0.39 is 12.1 Å². The molecule has 82 valence electrons. The first-order chi connectivity index (χ1) is 7.24. The van der Waals surface area contributed by atoms with E-state index in [1.54, 1.807) is 0 Å². The number of ether oxygens (including phenoxy) is 1. The molecular weight excluding hydrogens is 200 g/mol. The first-order valence-corrected chi connectivity index (χ1v) is 4.61. The molecule has 0 aromatic heterocycles. The third-order valence-electron chi connectivity index (χ3n) is 2.59. The van der Waals surface area contributed by atoms with Crippen molar-refractivity contribution in [1.82, 2.24) is 0 Å². The lowest BCUT2D eigenvalue weighted by Crippen LogP contribution is -2.33. The highest BCUT2D eigenvalue weighted by atomic mass is 16.5.